The molecule has 23 heavy (non-hydrogen) atoms. The van der Waals surface area contributed by atoms with E-state index in [9.17, 15) is 18.8 Å². The molecule has 0 radical (unpaired) electrons. The van der Waals surface area contributed by atoms with E-state index in [1.807, 2.05) is 0 Å². The number of imide groups is 1. The molecule has 0 aromatic heterocycles. The molecule has 1 aromatic rings. The summed E-state index contributed by atoms with van der Waals surface area (Å²) in [4.78, 5) is 37.5. The molecule has 1 saturated heterocycles. The number of halogens is 1. The van der Waals surface area contributed by atoms with E-state index in [0.717, 1.165) is 24.6 Å². The standard InChI is InChI=1S/C16H17FN2O3S/c17-11-6-2-1-5-10(11)15(21)18-12-7-3-4-8-13(12)19-14(20)9-23-16(19)22/h1-2,5-6,12-13H,3-4,7-9H2,(H,18,21). The van der Waals surface area contributed by atoms with Gasteiger partial charge in [0.1, 0.15) is 5.82 Å². The number of carbonyl (C=O) groups excluding carboxylic acids is 3. The molecule has 5 nitrogen and oxygen atoms in total. The van der Waals surface area contributed by atoms with Gasteiger partial charge in [0.15, 0.2) is 0 Å². The predicted molar refractivity (Wildman–Crippen MR) is 84.6 cm³/mol. The quantitative estimate of drug-likeness (QED) is 0.921. The van der Waals surface area contributed by atoms with E-state index in [1.54, 1.807) is 6.07 Å². The molecule has 2 atom stereocenters. The Morgan fingerprint density at radius 3 is 2.65 bits per heavy atom. The molecule has 0 bridgehead atoms. The second-order valence-electron chi connectivity index (χ2n) is 5.73. The maximum Gasteiger partial charge on any atom is 0.289 e. The van der Waals surface area contributed by atoms with Gasteiger partial charge in [0.05, 0.1) is 23.4 Å². The number of nitrogens with zero attached hydrogens (tertiary/aromatic N) is 1. The molecular formula is C16H17FN2O3S. The van der Waals surface area contributed by atoms with Crippen molar-refractivity contribution in [2.24, 2.45) is 0 Å². The lowest BCUT2D eigenvalue weighted by Crippen LogP contribution is -2.54. The molecule has 1 aliphatic heterocycles. The summed E-state index contributed by atoms with van der Waals surface area (Å²) in [5.41, 5.74) is -0.0229. The second-order valence-corrected chi connectivity index (χ2v) is 6.66. The zero-order valence-electron chi connectivity index (χ0n) is 12.5. The normalized spacial score (nSPS) is 24.8. The molecule has 3 amide bonds. The van der Waals surface area contributed by atoms with Crippen molar-refractivity contribution in [2.75, 3.05) is 5.75 Å². The first-order valence-electron chi connectivity index (χ1n) is 7.62. The summed E-state index contributed by atoms with van der Waals surface area (Å²) in [6.07, 6.45) is 3.15. The van der Waals surface area contributed by atoms with Crippen LogP contribution in [0.4, 0.5) is 9.18 Å². The molecule has 1 aliphatic carbocycles. The van der Waals surface area contributed by atoms with E-state index < -0.39 is 11.7 Å². The minimum Gasteiger partial charge on any atom is -0.347 e. The van der Waals surface area contributed by atoms with E-state index in [-0.39, 0.29) is 34.5 Å². The van der Waals surface area contributed by atoms with Gasteiger partial charge in [0, 0.05) is 0 Å². The van der Waals surface area contributed by atoms with Gasteiger partial charge in [0.25, 0.3) is 11.1 Å². The number of carbonyl (C=O) groups is 3. The fraction of sp³-hybridized carbons (Fsp3) is 0.438. The van der Waals surface area contributed by atoms with E-state index in [0.29, 0.717) is 12.8 Å². The number of benzene rings is 1. The van der Waals surface area contributed by atoms with Crippen molar-refractivity contribution in [2.45, 2.75) is 37.8 Å². The Bertz CT molecular complexity index is 636. The molecule has 122 valence electrons. The van der Waals surface area contributed by atoms with Crippen LogP contribution in [0.3, 0.4) is 0 Å². The third-order valence-corrected chi connectivity index (χ3v) is 5.12. The predicted octanol–water partition coefficient (Wildman–Crippen LogP) is 2.56. The van der Waals surface area contributed by atoms with Gasteiger partial charge < -0.3 is 5.32 Å². The topological polar surface area (TPSA) is 66.5 Å². The molecule has 3 rings (SSSR count). The zero-order chi connectivity index (χ0) is 16.4. The van der Waals surface area contributed by atoms with Crippen LogP contribution in [-0.2, 0) is 4.79 Å². The van der Waals surface area contributed by atoms with E-state index in [2.05, 4.69) is 5.32 Å². The lowest BCUT2D eigenvalue weighted by molar-refractivity contribution is -0.127. The highest BCUT2D eigenvalue weighted by Gasteiger charge is 2.41. The summed E-state index contributed by atoms with van der Waals surface area (Å²) < 4.78 is 13.7. The summed E-state index contributed by atoms with van der Waals surface area (Å²) in [6, 6.07) is 5.11. The molecule has 2 unspecified atom stereocenters. The van der Waals surface area contributed by atoms with Gasteiger partial charge in [-0.25, -0.2) is 4.39 Å². The Morgan fingerprint density at radius 2 is 1.96 bits per heavy atom. The summed E-state index contributed by atoms with van der Waals surface area (Å²) in [7, 11) is 0. The average Bonchev–Trinajstić information content (AvgIpc) is 2.87. The van der Waals surface area contributed by atoms with Crippen molar-refractivity contribution in [3.8, 4) is 0 Å². The second kappa shape index (κ2) is 6.70. The van der Waals surface area contributed by atoms with Crippen LogP contribution in [0.2, 0.25) is 0 Å². The van der Waals surface area contributed by atoms with Gasteiger partial charge in [0.2, 0.25) is 5.91 Å². The Hall–Kier alpha value is -1.89. The maximum atomic E-state index is 13.7. The molecule has 1 aromatic carbocycles. The van der Waals surface area contributed by atoms with Gasteiger partial charge >= 0.3 is 0 Å². The molecule has 1 heterocycles. The maximum absolute atomic E-state index is 13.7. The van der Waals surface area contributed by atoms with Crippen molar-refractivity contribution in [3.05, 3.63) is 35.6 Å². The Labute approximate surface area is 137 Å². The number of hydrogen-bond acceptors (Lipinski definition) is 4. The highest BCUT2D eigenvalue weighted by Crippen LogP contribution is 2.30. The molecule has 1 saturated carbocycles. The van der Waals surface area contributed by atoms with Gasteiger partial charge in [-0.3, -0.25) is 19.3 Å². The van der Waals surface area contributed by atoms with E-state index in [4.69, 9.17) is 0 Å². The van der Waals surface area contributed by atoms with Gasteiger partial charge in [-0.2, -0.15) is 0 Å². The van der Waals surface area contributed by atoms with Crippen LogP contribution in [0.1, 0.15) is 36.0 Å². The lowest BCUT2D eigenvalue weighted by Gasteiger charge is -2.36. The fourth-order valence-corrected chi connectivity index (χ4v) is 3.93. The zero-order valence-corrected chi connectivity index (χ0v) is 13.3. The van der Waals surface area contributed by atoms with Gasteiger partial charge in [-0.15, -0.1) is 0 Å². The Kier molecular flexibility index (Phi) is 4.66. The van der Waals surface area contributed by atoms with E-state index >= 15 is 0 Å². The summed E-state index contributed by atoms with van der Waals surface area (Å²) in [5.74, 6) is -1.14. The third-order valence-electron chi connectivity index (χ3n) is 4.28. The minimum absolute atomic E-state index is 0.0229. The Balaban J connectivity index is 1.77. The van der Waals surface area contributed by atoms with Crippen LogP contribution < -0.4 is 5.32 Å². The first-order valence-corrected chi connectivity index (χ1v) is 8.60. The lowest BCUT2D eigenvalue weighted by atomic mass is 9.89. The minimum atomic E-state index is -0.582. The van der Waals surface area contributed by atoms with Crippen LogP contribution >= 0.6 is 11.8 Å². The van der Waals surface area contributed by atoms with Crippen LogP contribution in [0.5, 0.6) is 0 Å². The van der Waals surface area contributed by atoms with Crippen molar-refractivity contribution >= 4 is 28.8 Å². The largest absolute Gasteiger partial charge is 0.347 e. The number of amides is 3. The molecule has 2 fully saturated rings. The van der Waals surface area contributed by atoms with Crippen molar-refractivity contribution in [1.29, 1.82) is 0 Å². The number of nitrogens with one attached hydrogen (secondary N) is 1. The highest BCUT2D eigenvalue weighted by molar-refractivity contribution is 8.14. The Morgan fingerprint density at radius 1 is 1.22 bits per heavy atom. The molecular weight excluding hydrogens is 319 g/mol. The van der Waals surface area contributed by atoms with Gasteiger partial charge in [-0.1, -0.05) is 36.7 Å². The van der Waals surface area contributed by atoms with Crippen LogP contribution in [0.15, 0.2) is 24.3 Å². The summed E-state index contributed by atoms with van der Waals surface area (Å²) >= 11 is 0.992. The van der Waals surface area contributed by atoms with Crippen molar-refractivity contribution in [1.82, 2.24) is 10.2 Å². The first kappa shape index (κ1) is 16.0. The van der Waals surface area contributed by atoms with Crippen molar-refractivity contribution < 1.29 is 18.8 Å². The molecule has 1 N–H and O–H groups in total. The molecule has 0 spiro atoms. The number of thioether (sulfide) groups is 1. The summed E-state index contributed by atoms with van der Waals surface area (Å²) in [6.45, 7) is 0. The number of hydrogen-bond donors (Lipinski definition) is 1. The third kappa shape index (κ3) is 3.24. The number of rotatable bonds is 3. The average molecular weight is 336 g/mol. The summed E-state index contributed by atoms with van der Waals surface area (Å²) in [5, 5.41) is 2.55. The van der Waals surface area contributed by atoms with Crippen LogP contribution in [-0.4, -0.2) is 39.8 Å². The highest BCUT2D eigenvalue weighted by atomic mass is 32.2. The molecule has 7 heteroatoms. The first-order chi connectivity index (χ1) is 11.1. The smallest absolute Gasteiger partial charge is 0.289 e. The van der Waals surface area contributed by atoms with Crippen molar-refractivity contribution in [3.63, 3.8) is 0 Å². The SMILES string of the molecule is O=C(NC1CCCCC1N1C(=O)CSC1=O)c1ccccc1F. The fourth-order valence-electron chi connectivity index (χ4n) is 3.16. The van der Waals surface area contributed by atoms with Gasteiger partial charge in [-0.05, 0) is 25.0 Å². The van der Waals surface area contributed by atoms with E-state index in [1.165, 1.54) is 23.1 Å². The van der Waals surface area contributed by atoms with Crippen LogP contribution in [0, 0.1) is 5.82 Å². The van der Waals surface area contributed by atoms with Crippen LogP contribution in [0.25, 0.3) is 0 Å². The molecule has 2 aliphatic rings. The monoisotopic (exact) mass is 336 g/mol.